The van der Waals surface area contributed by atoms with Crippen LogP contribution in [0.4, 0.5) is 0 Å². The second-order valence-electron chi connectivity index (χ2n) is 7.45. The molecule has 1 fully saturated rings. The summed E-state index contributed by atoms with van der Waals surface area (Å²) >= 11 is 0. The zero-order valence-electron chi connectivity index (χ0n) is 16.9. The molecule has 0 radical (unpaired) electrons. The fourth-order valence-corrected chi connectivity index (χ4v) is 3.96. The average molecular weight is 401 g/mol. The number of ether oxygens (including phenoxy) is 2. The number of amides is 2. The van der Waals surface area contributed by atoms with E-state index in [-0.39, 0.29) is 37.4 Å². The van der Waals surface area contributed by atoms with Gasteiger partial charge in [-0.1, -0.05) is 12.1 Å². The SMILES string of the molecule is CCOC(=O)[C@]1(Cc2cccc(OC)c2)CCCN(C(=O)C2=NNC(=O)CC2)C1. The highest BCUT2D eigenvalue weighted by Crippen LogP contribution is 2.36. The lowest BCUT2D eigenvalue weighted by Gasteiger charge is -2.41. The number of hydrogen-bond acceptors (Lipinski definition) is 6. The Hall–Kier alpha value is -2.90. The number of hydrogen-bond donors (Lipinski definition) is 1. The second-order valence-corrected chi connectivity index (χ2v) is 7.45. The first-order valence-electron chi connectivity index (χ1n) is 9.92. The van der Waals surface area contributed by atoms with Crippen molar-refractivity contribution < 1.29 is 23.9 Å². The number of piperidine rings is 1. The second kappa shape index (κ2) is 9.07. The van der Waals surface area contributed by atoms with Gasteiger partial charge in [-0.05, 0) is 43.9 Å². The van der Waals surface area contributed by atoms with Crippen LogP contribution in [0.1, 0.15) is 38.2 Å². The van der Waals surface area contributed by atoms with Crippen molar-refractivity contribution in [3.05, 3.63) is 29.8 Å². The molecule has 2 amide bonds. The monoisotopic (exact) mass is 401 g/mol. The summed E-state index contributed by atoms with van der Waals surface area (Å²) in [6.07, 6.45) is 2.33. The minimum atomic E-state index is -0.825. The van der Waals surface area contributed by atoms with Crippen LogP contribution in [0.3, 0.4) is 0 Å². The first-order valence-corrected chi connectivity index (χ1v) is 9.92. The van der Waals surface area contributed by atoms with Gasteiger partial charge in [-0.3, -0.25) is 14.4 Å². The highest BCUT2D eigenvalue weighted by molar-refractivity contribution is 6.39. The lowest BCUT2D eigenvalue weighted by atomic mass is 9.75. The molecule has 29 heavy (non-hydrogen) atoms. The van der Waals surface area contributed by atoms with Crippen LogP contribution < -0.4 is 10.2 Å². The van der Waals surface area contributed by atoms with E-state index in [0.29, 0.717) is 37.9 Å². The molecule has 1 aromatic rings. The van der Waals surface area contributed by atoms with Crippen LogP contribution in [-0.4, -0.2) is 55.2 Å². The predicted molar refractivity (Wildman–Crippen MR) is 106 cm³/mol. The van der Waals surface area contributed by atoms with Gasteiger partial charge < -0.3 is 14.4 Å². The molecule has 1 aromatic carbocycles. The molecule has 0 bridgehead atoms. The van der Waals surface area contributed by atoms with Crippen LogP contribution in [0.15, 0.2) is 29.4 Å². The highest BCUT2D eigenvalue weighted by atomic mass is 16.5. The van der Waals surface area contributed by atoms with E-state index in [1.54, 1.807) is 18.9 Å². The summed E-state index contributed by atoms with van der Waals surface area (Å²) in [5.41, 5.74) is 2.82. The molecule has 0 spiro atoms. The molecular weight excluding hydrogens is 374 g/mol. The van der Waals surface area contributed by atoms with Gasteiger partial charge in [-0.2, -0.15) is 5.10 Å². The smallest absolute Gasteiger partial charge is 0.314 e. The van der Waals surface area contributed by atoms with Gasteiger partial charge in [-0.25, -0.2) is 5.43 Å². The van der Waals surface area contributed by atoms with Gasteiger partial charge in [0.15, 0.2) is 0 Å². The summed E-state index contributed by atoms with van der Waals surface area (Å²) in [6, 6.07) is 7.60. The molecule has 0 saturated carbocycles. The summed E-state index contributed by atoms with van der Waals surface area (Å²) in [7, 11) is 1.60. The number of carbonyl (C=O) groups is 3. The maximum Gasteiger partial charge on any atom is 0.314 e. The summed E-state index contributed by atoms with van der Waals surface area (Å²) in [6.45, 7) is 2.87. The Kier molecular flexibility index (Phi) is 6.51. The molecular formula is C21H27N3O5. The van der Waals surface area contributed by atoms with Gasteiger partial charge in [-0.15, -0.1) is 0 Å². The summed E-state index contributed by atoms with van der Waals surface area (Å²) < 4.78 is 10.7. The Labute approximate surface area is 170 Å². The Morgan fingerprint density at radius 1 is 1.31 bits per heavy atom. The van der Waals surface area contributed by atoms with Crippen LogP contribution in [0, 0.1) is 5.41 Å². The first-order chi connectivity index (χ1) is 14.0. The van der Waals surface area contributed by atoms with E-state index in [4.69, 9.17) is 9.47 Å². The zero-order valence-corrected chi connectivity index (χ0v) is 16.9. The number of methoxy groups -OCH3 is 1. The molecule has 156 valence electrons. The van der Waals surface area contributed by atoms with E-state index in [0.717, 1.165) is 11.3 Å². The molecule has 0 unspecified atom stereocenters. The van der Waals surface area contributed by atoms with Crippen molar-refractivity contribution in [1.29, 1.82) is 0 Å². The molecule has 1 saturated heterocycles. The van der Waals surface area contributed by atoms with Gasteiger partial charge in [0, 0.05) is 25.9 Å². The standard InChI is InChI=1S/C21H27N3O5/c1-3-29-20(27)21(13-15-6-4-7-16(12-15)28-2)10-5-11-24(14-21)19(26)17-8-9-18(25)23-22-17/h4,6-7,12H,3,5,8-11,13-14H2,1-2H3,(H,23,25)/t21-/m0/s1. The minimum absolute atomic E-state index is 0.195. The van der Waals surface area contributed by atoms with Crippen molar-refractivity contribution in [1.82, 2.24) is 10.3 Å². The number of likely N-dealkylation sites (tertiary alicyclic amines) is 1. The lowest BCUT2D eigenvalue weighted by molar-refractivity contribution is -0.160. The Bertz CT molecular complexity index is 822. The van der Waals surface area contributed by atoms with Crippen molar-refractivity contribution in [2.75, 3.05) is 26.8 Å². The molecule has 0 aliphatic carbocycles. The number of benzene rings is 1. The van der Waals surface area contributed by atoms with Gasteiger partial charge in [0.25, 0.3) is 5.91 Å². The number of hydrazone groups is 1. The van der Waals surface area contributed by atoms with E-state index >= 15 is 0 Å². The lowest BCUT2D eigenvalue weighted by Crippen LogP contribution is -2.53. The molecule has 2 heterocycles. The van der Waals surface area contributed by atoms with Gasteiger partial charge in [0.05, 0.1) is 19.1 Å². The summed E-state index contributed by atoms with van der Waals surface area (Å²) in [4.78, 5) is 38.9. The van der Waals surface area contributed by atoms with Crippen molar-refractivity contribution in [2.45, 2.75) is 39.0 Å². The maximum absolute atomic E-state index is 13.0. The van der Waals surface area contributed by atoms with E-state index in [2.05, 4.69) is 10.5 Å². The molecule has 2 aliphatic rings. The van der Waals surface area contributed by atoms with Gasteiger partial charge in [0.1, 0.15) is 11.5 Å². The largest absolute Gasteiger partial charge is 0.497 e. The molecule has 1 N–H and O–H groups in total. The quantitative estimate of drug-likeness (QED) is 0.732. The Morgan fingerprint density at radius 3 is 2.83 bits per heavy atom. The molecule has 2 aliphatic heterocycles. The third-order valence-electron chi connectivity index (χ3n) is 5.40. The summed E-state index contributed by atoms with van der Waals surface area (Å²) in [5, 5.41) is 3.91. The fourth-order valence-electron chi connectivity index (χ4n) is 3.96. The topological polar surface area (TPSA) is 97.3 Å². The minimum Gasteiger partial charge on any atom is -0.497 e. The van der Waals surface area contributed by atoms with Crippen molar-refractivity contribution in [3.63, 3.8) is 0 Å². The maximum atomic E-state index is 13.0. The average Bonchev–Trinajstić information content (AvgIpc) is 2.74. The van der Waals surface area contributed by atoms with Crippen LogP contribution in [-0.2, 0) is 25.5 Å². The van der Waals surface area contributed by atoms with Crippen molar-refractivity contribution in [3.8, 4) is 5.75 Å². The van der Waals surface area contributed by atoms with Crippen LogP contribution in [0.25, 0.3) is 0 Å². The molecule has 0 aromatic heterocycles. The van der Waals surface area contributed by atoms with Gasteiger partial charge in [0.2, 0.25) is 5.91 Å². The Balaban J connectivity index is 1.84. The van der Waals surface area contributed by atoms with Crippen LogP contribution >= 0.6 is 0 Å². The number of nitrogens with one attached hydrogen (secondary N) is 1. The number of nitrogens with zero attached hydrogens (tertiary/aromatic N) is 2. The molecule has 3 rings (SSSR count). The number of esters is 1. The van der Waals surface area contributed by atoms with E-state index in [1.807, 2.05) is 24.3 Å². The molecule has 8 nitrogen and oxygen atoms in total. The first kappa shape index (κ1) is 20.8. The van der Waals surface area contributed by atoms with E-state index in [9.17, 15) is 14.4 Å². The van der Waals surface area contributed by atoms with Crippen molar-refractivity contribution >= 4 is 23.5 Å². The third-order valence-corrected chi connectivity index (χ3v) is 5.40. The zero-order chi connectivity index (χ0) is 20.9. The normalized spacial score (nSPS) is 21.8. The predicted octanol–water partition coefficient (Wildman–Crippen LogP) is 1.68. The fraction of sp³-hybridized carbons (Fsp3) is 0.524. The molecule has 8 heteroatoms. The van der Waals surface area contributed by atoms with Crippen LogP contribution in [0.5, 0.6) is 5.75 Å². The molecule has 1 atom stereocenters. The summed E-state index contributed by atoms with van der Waals surface area (Å²) in [5.74, 6) is -0.000126. The Morgan fingerprint density at radius 2 is 2.14 bits per heavy atom. The van der Waals surface area contributed by atoms with Crippen molar-refractivity contribution in [2.24, 2.45) is 10.5 Å². The third kappa shape index (κ3) is 4.75. The van der Waals surface area contributed by atoms with Gasteiger partial charge >= 0.3 is 5.97 Å². The van der Waals surface area contributed by atoms with Crippen LogP contribution in [0.2, 0.25) is 0 Å². The number of carbonyl (C=O) groups excluding carboxylic acids is 3. The van der Waals surface area contributed by atoms with E-state index < -0.39 is 5.41 Å². The van der Waals surface area contributed by atoms with E-state index in [1.165, 1.54) is 0 Å². The number of rotatable bonds is 6. The highest BCUT2D eigenvalue weighted by Gasteiger charge is 2.45.